The molecule has 2 aromatic rings. The van der Waals surface area contributed by atoms with Gasteiger partial charge in [0.1, 0.15) is 0 Å². The van der Waals surface area contributed by atoms with Crippen molar-refractivity contribution in [3.05, 3.63) is 71.8 Å². The lowest BCUT2D eigenvalue weighted by Gasteiger charge is -2.01. The van der Waals surface area contributed by atoms with Crippen LogP contribution in [0, 0.1) is 0 Å². The maximum absolute atomic E-state index is 12.0. The van der Waals surface area contributed by atoms with Crippen molar-refractivity contribution in [2.75, 3.05) is 5.75 Å². The molecule has 0 bridgehead atoms. The first-order valence-electron chi connectivity index (χ1n) is 7.30. The van der Waals surface area contributed by atoms with Crippen LogP contribution in [0.3, 0.4) is 0 Å². The summed E-state index contributed by atoms with van der Waals surface area (Å²) in [6.45, 7) is 2.21. The van der Waals surface area contributed by atoms with Gasteiger partial charge in [0, 0.05) is 10.5 Å². The fourth-order valence-electron chi connectivity index (χ4n) is 1.88. The summed E-state index contributed by atoms with van der Waals surface area (Å²) in [5.74, 6) is 1.20. The molecular formula is C19H20OS. The number of unbranched alkanes of at least 4 members (excludes halogenated alkanes) is 1. The highest BCUT2D eigenvalue weighted by Gasteiger charge is 1.99. The van der Waals surface area contributed by atoms with Crippen LogP contribution in [0.1, 0.15) is 35.7 Å². The molecule has 0 radical (unpaired) electrons. The van der Waals surface area contributed by atoms with Crippen molar-refractivity contribution in [2.45, 2.75) is 24.7 Å². The summed E-state index contributed by atoms with van der Waals surface area (Å²) in [5.41, 5.74) is 1.78. The Kier molecular flexibility index (Phi) is 6.29. The molecule has 0 aliphatic carbocycles. The number of thioether (sulfide) groups is 1. The van der Waals surface area contributed by atoms with Gasteiger partial charge in [-0.15, -0.1) is 11.8 Å². The molecule has 0 aliphatic heterocycles. The van der Waals surface area contributed by atoms with Crippen molar-refractivity contribution in [3.8, 4) is 0 Å². The minimum Gasteiger partial charge on any atom is -0.289 e. The molecule has 0 atom stereocenters. The molecule has 0 spiro atoms. The lowest BCUT2D eigenvalue weighted by Crippen LogP contribution is -1.92. The van der Waals surface area contributed by atoms with Gasteiger partial charge in [0.15, 0.2) is 5.78 Å². The smallest absolute Gasteiger partial charge is 0.185 e. The third-order valence-corrected chi connectivity index (χ3v) is 4.23. The largest absolute Gasteiger partial charge is 0.289 e. The molecule has 0 fully saturated rings. The Balaban J connectivity index is 1.93. The van der Waals surface area contributed by atoms with E-state index >= 15 is 0 Å². The lowest BCUT2D eigenvalue weighted by atomic mass is 10.1. The Morgan fingerprint density at radius 1 is 1.05 bits per heavy atom. The monoisotopic (exact) mass is 296 g/mol. The van der Waals surface area contributed by atoms with Crippen LogP contribution in [0.2, 0.25) is 0 Å². The summed E-state index contributed by atoms with van der Waals surface area (Å²) >= 11 is 1.88. The van der Waals surface area contributed by atoms with Gasteiger partial charge in [-0.05, 0) is 35.9 Å². The zero-order chi connectivity index (χ0) is 14.9. The van der Waals surface area contributed by atoms with Crippen LogP contribution in [0.4, 0.5) is 0 Å². The molecule has 0 heterocycles. The van der Waals surface area contributed by atoms with E-state index in [-0.39, 0.29) is 5.78 Å². The predicted octanol–water partition coefficient (Wildman–Crippen LogP) is 5.47. The molecule has 0 unspecified atom stereocenters. The van der Waals surface area contributed by atoms with Gasteiger partial charge in [-0.3, -0.25) is 4.79 Å². The van der Waals surface area contributed by atoms with Gasteiger partial charge in [0.25, 0.3) is 0 Å². The minimum atomic E-state index is 0.0389. The standard InChI is InChI=1S/C19H20OS/c1-2-3-15-21-18-12-9-16(10-13-18)11-14-19(20)17-7-5-4-6-8-17/h4-14H,2-3,15H2,1H3/b14-11+. The molecular weight excluding hydrogens is 276 g/mol. The normalized spacial score (nSPS) is 10.9. The van der Waals surface area contributed by atoms with Crippen LogP contribution in [0.15, 0.2) is 65.6 Å². The van der Waals surface area contributed by atoms with E-state index in [9.17, 15) is 4.79 Å². The highest BCUT2D eigenvalue weighted by molar-refractivity contribution is 7.99. The second-order valence-electron chi connectivity index (χ2n) is 4.83. The summed E-state index contributed by atoms with van der Waals surface area (Å²) in [7, 11) is 0. The van der Waals surface area contributed by atoms with Gasteiger partial charge < -0.3 is 0 Å². The van der Waals surface area contributed by atoms with Gasteiger partial charge in [-0.25, -0.2) is 0 Å². The van der Waals surface area contributed by atoms with Crippen LogP contribution in [0.25, 0.3) is 6.08 Å². The third-order valence-electron chi connectivity index (χ3n) is 3.13. The van der Waals surface area contributed by atoms with Crippen molar-refractivity contribution < 1.29 is 4.79 Å². The Morgan fingerprint density at radius 3 is 2.43 bits per heavy atom. The number of carbonyl (C=O) groups excluding carboxylic acids is 1. The molecule has 0 aliphatic rings. The number of hydrogen-bond donors (Lipinski definition) is 0. The van der Waals surface area contributed by atoms with Gasteiger partial charge in [0.05, 0.1) is 0 Å². The first kappa shape index (κ1) is 15.6. The number of rotatable bonds is 7. The van der Waals surface area contributed by atoms with E-state index < -0.39 is 0 Å². The molecule has 2 heteroatoms. The second kappa shape index (κ2) is 8.48. The Morgan fingerprint density at radius 2 is 1.76 bits per heavy atom. The number of ketones is 1. The van der Waals surface area contributed by atoms with Gasteiger partial charge >= 0.3 is 0 Å². The van der Waals surface area contributed by atoms with Crippen molar-refractivity contribution in [3.63, 3.8) is 0 Å². The average Bonchev–Trinajstić information content (AvgIpc) is 2.55. The Bertz CT molecular complexity index is 585. The fraction of sp³-hybridized carbons (Fsp3) is 0.211. The molecule has 0 N–H and O–H groups in total. The molecule has 2 aromatic carbocycles. The SMILES string of the molecule is CCCCSc1ccc(/C=C/C(=O)c2ccccc2)cc1. The molecule has 2 rings (SSSR count). The van der Waals surface area contributed by atoms with Crippen LogP contribution in [-0.4, -0.2) is 11.5 Å². The highest BCUT2D eigenvalue weighted by Crippen LogP contribution is 2.20. The zero-order valence-corrected chi connectivity index (χ0v) is 13.1. The minimum absolute atomic E-state index is 0.0389. The summed E-state index contributed by atoms with van der Waals surface area (Å²) in [6.07, 6.45) is 5.98. The van der Waals surface area contributed by atoms with Crippen molar-refractivity contribution >= 4 is 23.6 Å². The number of allylic oxidation sites excluding steroid dienone is 1. The molecule has 108 valence electrons. The van der Waals surface area contributed by atoms with Crippen molar-refractivity contribution in [1.82, 2.24) is 0 Å². The first-order chi connectivity index (χ1) is 10.3. The van der Waals surface area contributed by atoms with Crippen molar-refractivity contribution in [2.24, 2.45) is 0 Å². The lowest BCUT2D eigenvalue weighted by molar-refractivity contribution is 0.104. The third kappa shape index (κ3) is 5.24. The molecule has 1 nitrogen and oxygen atoms in total. The van der Waals surface area contributed by atoms with Crippen molar-refractivity contribution in [1.29, 1.82) is 0 Å². The van der Waals surface area contributed by atoms with Gasteiger partial charge in [0.2, 0.25) is 0 Å². The summed E-state index contributed by atoms with van der Waals surface area (Å²) in [6, 6.07) is 17.7. The van der Waals surface area contributed by atoms with E-state index in [1.165, 1.54) is 17.7 Å². The van der Waals surface area contributed by atoms with E-state index in [1.807, 2.05) is 48.2 Å². The predicted molar refractivity (Wildman–Crippen MR) is 91.9 cm³/mol. The quantitative estimate of drug-likeness (QED) is 0.291. The first-order valence-corrected chi connectivity index (χ1v) is 8.28. The Labute approximate surface area is 131 Å². The van der Waals surface area contributed by atoms with E-state index in [2.05, 4.69) is 31.2 Å². The van der Waals surface area contributed by atoms with Crippen LogP contribution >= 0.6 is 11.8 Å². The van der Waals surface area contributed by atoms with E-state index in [1.54, 1.807) is 6.08 Å². The molecule has 0 saturated heterocycles. The summed E-state index contributed by atoms with van der Waals surface area (Å²) in [5, 5.41) is 0. The van der Waals surface area contributed by atoms with E-state index in [0.717, 1.165) is 16.9 Å². The summed E-state index contributed by atoms with van der Waals surface area (Å²) < 4.78 is 0. The number of carbonyl (C=O) groups is 1. The number of benzene rings is 2. The molecule has 21 heavy (non-hydrogen) atoms. The van der Waals surface area contributed by atoms with Crippen LogP contribution in [-0.2, 0) is 0 Å². The van der Waals surface area contributed by atoms with Gasteiger partial charge in [-0.1, -0.05) is 61.9 Å². The molecule has 0 amide bonds. The molecule has 0 aromatic heterocycles. The van der Waals surface area contributed by atoms with Crippen LogP contribution < -0.4 is 0 Å². The second-order valence-corrected chi connectivity index (χ2v) is 6.00. The maximum Gasteiger partial charge on any atom is 0.185 e. The topological polar surface area (TPSA) is 17.1 Å². The summed E-state index contributed by atoms with van der Waals surface area (Å²) in [4.78, 5) is 13.3. The Hall–Kier alpha value is -1.80. The zero-order valence-electron chi connectivity index (χ0n) is 12.3. The molecule has 0 saturated carbocycles. The fourth-order valence-corrected chi connectivity index (χ4v) is 2.88. The van der Waals surface area contributed by atoms with Gasteiger partial charge in [-0.2, -0.15) is 0 Å². The maximum atomic E-state index is 12.0. The van der Waals surface area contributed by atoms with E-state index in [0.29, 0.717) is 0 Å². The highest BCUT2D eigenvalue weighted by atomic mass is 32.2. The average molecular weight is 296 g/mol. The van der Waals surface area contributed by atoms with Crippen LogP contribution in [0.5, 0.6) is 0 Å². The number of hydrogen-bond acceptors (Lipinski definition) is 2. The van der Waals surface area contributed by atoms with E-state index in [4.69, 9.17) is 0 Å².